The van der Waals surface area contributed by atoms with E-state index in [1.54, 1.807) is 12.1 Å². The van der Waals surface area contributed by atoms with Gasteiger partial charge in [0.2, 0.25) is 0 Å². The Hall–Kier alpha value is -4.05. The second kappa shape index (κ2) is 12.7. The van der Waals surface area contributed by atoms with Crippen LogP contribution in [-0.4, -0.2) is 38.0 Å². The van der Waals surface area contributed by atoms with Gasteiger partial charge in [0, 0.05) is 16.5 Å². The predicted molar refractivity (Wildman–Crippen MR) is 144 cm³/mol. The molecule has 3 aromatic rings. The Morgan fingerprint density at radius 1 is 1.05 bits per heavy atom. The summed E-state index contributed by atoms with van der Waals surface area (Å²) in [5, 5.41) is 3.22. The van der Waals surface area contributed by atoms with Crippen LogP contribution in [0.2, 0.25) is 0 Å². The van der Waals surface area contributed by atoms with E-state index in [-0.39, 0.29) is 17.3 Å². The zero-order valence-electron chi connectivity index (χ0n) is 21.4. The first-order chi connectivity index (χ1) is 18.7. The maximum Gasteiger partial charge on any atom is 0.387 e. The molecule has 1 aromatic heterocycles. The number of hydrogen-bond acceptors (Lipinski definition) is 7. The number of rotatable bonds is 10. The molecule has 0 unspecified atom stereocenters. The standard InChI is InChI=1S/C29H27F2NO6S/c1-17-7-11-19(12-8-17)27(35)26-20-5-3-4-6-23(20)39-28(26)32-24(33)16-37-25(34)14-10-18-9-13-21(38-29(30)31)22(15-18)36-2/h7-15,29H,3-6,16H2,1-2H3,(H,32,33)/b14-10+. The Morgan fingerprint density at radius 2 is 1.79 bits per heavy atom. The second-order valence-corrected chi connectivity index (χ2v) is 9.99. The number of aryl methyl sites for hydroxylation is 2. The van der Waals surface area contributed by atoms with Gasteiger partial charge in [0.1, 0.15) is 5.00 Å². The summed E-state index contributed by atoms with van der Waals surface area (Å²) in [6.45, 7) is -1.60. The molecule has 0 saturated heterocycles. The summed E-state index contributed by atoms with van der Waals surface area (Å²) in [6, 6.07) is 11.5. The Balaban J connectivity index is 1.40. The molecule has 0 saturated carbocycles. The minimum atomic E-state index is -3.00. The van der Waals surface area contributed by atoms with Crippen molar-refractivity contribution in [2.24, 2.45) is 0 Å². The van der Waals surface area contributed by atoms with Gasteiger partial charge < -0.3 is 19.5 Å². The molecule has 1 aliphatic rings. The quantitative estimate of drug-likeness (QED) is 0.188. The van der Waals surface area contributed by atoms with Gasteiger partial charge in [0.15, 0.2) is 23.9 Å². The van der Waals surface area contributed by atoms with Gasteiger partial charge in [0.25, 0.3) is 5.91 Å². The highest BCUT2D eigenvalue weighted by Gasteiger charge is 2.27. The van der Waals surface area contributed by atoms with Crippen molar-refractivity contribution in [1.29, 1.82) is 0 Å². The lowest BCUT2D eigenvalue weighted by Gasteiger charge is -2.13. The molecule has 1 N–H and O–H groups in total. The Bertz CT molecular complexity index is 1400. The van der Waals surface area contributed by atoms with Gasteiger partial charge >= 0.3 is 12.6 Å². The fraction of sp³-hybridized carbons (Fsp3) is 0.276. The fourth-order valence-corrected chi connectivity index (χ4v) is 5.54. The average Bonchev–Trinajstić information content (AvgIpc) is 3.28. The number of nitrogens with one attached hydrogen (secondary N) is 1. The second-order valence-electron chi connectivity index (χ2n) is 8.89. The first-order valence-corrected chi connectivity index (χ1v) is 13.1. The molecule has 0 aliphatic heterocycles. The van der Waals surface area contributed by atoms with E-state index in [1.807, 2.05) is 19.1 Å². The van der Waals surface area contributed by atoms with Crippen molar-refractivity contribution in [3.8, 4) is 11.5 Å². The zero-order valence-corrected chi connectivity index (χ0v) is 22.2. The molecule has 10 heteroatoms. The molecule has 7 nitrogen and oxygen atoms in total. The smallest absolute Gasteiger partial charge is 0.387 e. The minimum Gasteiger partial charge on any atom is -0.493 e. The van der Waals surface area contributed by atoms with Crippen molar-refractivity contribution in [3.63, 3.8) is 0 Å². The molecule has 0 fully saturated rings. The molecule has 39 heavy (non-hydrogen) atoms. The van der Waals surface area contributed by atoms with Crippen molar-refractivity contribution in [3.05, 3.63) is 81.2 Å². The molecule has 0 atom stereocenters. The van der Waals surface area contributed by atoms with Crippen LogP contribution in [0, 0.1) is 6.92 Å². The number of carbonyl (C=O) groups is 3. The van der Waals surface area contributed by atoms with Gasteiger partial charge in [-0.2, -0.15) is 8.78 Å². The average molecular weight is 556 g/mol. The number of hydrogen-bond donors (Lipinski definition) is 1. The Morgan fingerprint density at radius 3 is 2.51 bits per heavy atom. The molecular formula is C29H27F2NO6S. The summed E-state index contributed by atoms with van der Waals surface area (Å²) >= 11 is 1.39. The van der Waals surface area contributed by atoms with Crippen molar-refractivity contribution < 1.29 is 37.4 Å². The summed E-state index contributed by atoms with van der Waals surface area (Å²) in [5.41, 5.74) is 3.54. The molecular weight excluding hydrogens is 528 g/mol. The number of fused-ring (bicyclic) bond motifs is 1. The molecule has 4 rings (SSSR count). The van der Waals surface area contributed by atoms with E-state index in [1.165, 1.54) is 42.7 Å². The number of methoxy groups -OCH3 is 1. The topological polar surface area (TPSA) is 90.9 Å². The van der Waals surface area contributed by atoms with Gasteiger partial charge in [0.05, 0.1) is 12.7 Å². The highest BCUT2D eigenvalue weighted by atomic mass is 32.1. The lowest BCUT2D eigenvalue weighted by Crippen LogP contribution is -2.21. The molecule has 204 valence electrons. The molecule has 0 radical (unpaired) electrons. The van der Waals surface area contributed by atoms with E-state index >= 15 is 0 Å². The molecule has 1 heterocycles. The number of amides is 1. The maximum atomic E-state index is 13.4. The monoisotopic (exact) mass is 555 g/mol. The number of halogens is 2. The highest BCUT2D eigenvalue weighted by Crippen LogP contribution is 2.39. The maximum absolute atomic E-state index is 13.4. The molecule has 0 spiro atoms. The van der Waals surface area contributed by atoms with Crippen LogP contribution in [-0.2, 0) is 27.2 Å². The van der Waals surface area contributed by atoms with Crippen molar-refractivity contribution >= 4 is 40.1 Å². The zero-order chi connectivity index (χ0) is 27.9. The third-order valence-electron chi connectivity index (χ3n) is 6.13. The van der Waals surface area contributed by atoms with Gasteiger partial charge in [-0.3, -0.25) is 9.59 Å². The number of benzene rings is 2. The third kappa shape index (κ3) is 7.08. The lowest BCUT2D eigenvalue weighted by atomic mass is 9.91. The van der Waals surface area contributed by atoms with Crippen LogP contribution in [0.5, 0.6) is 11.5 Å². The summed E-state index contributed by atoms with van der Waals surface area (Å²) in [4.78, 5) is 39.3. The van der Waals surface area contributed by atoms with Gasteiger partial charge in [-0.25, -0.2) is 4.79 Å². The summed E-state index contributed by atoms with van der Waals surface area (Å²) in [7, 11) is 1.30. The van der Waals surface area contributed by atoms with E-state index in [0.717, 1.165) is 47.8 Å². The molecule has 1 aliphatic carbocycles. The van der Waals surface area contributed by atoms with E-state index in [4.69, 9.17) is 9.47 Å². The Labute approximate surface area is 228 Å². The number of esters is 1. The first kappa shape index (κ1) is 28.0. The van der Waals surface area contributed by atoms with Crippen LogP contribution in [0.4, 0.5) is 13.8 Å². The van der Waals surface area contributed by atoms with Gasteiger partial charge in [-0.15, -0.1) is 11.3 Å². The van der Waals surface area contributed by atoms with Crippen LogP contribution in [0.3, 0.4) is 0 Å². The molecule has 2 aromatic carbocycles. The van der Waals surface area contributed by atoms with Crippen LogP contribution in [0.25, 0.3) is 6.08 Å². The largest absolute Gasteiger partial charge is 0.493 e. The third-order valence-corrected chi connectivity index (χ3v) is 7.33. The molecule has 1 amide bonds. The molecule has 0 bridgehead atoms. The van der Waals surface area contributed by atoms with E-state index in [0.29, 0.717) is 21.7 Å². The van der Waals surface area contributed by atoms with Crippen LogP contribution < -0.4 is 14.8 Å². The number of carbonyl (C=O) groups excluding carboxylic acids is 3. The van der Waals surface area contributed by atoms with Gasteiger partial charge in [-0.05, 0) is 61.9 Å². The first-order valence-electron chi connectivity index (χ1n) is 12.3. The number of thiophene rings is 1. The van der Waals surface area contributed by atoms with Crippen molar-refractivity contribution in [1.82, 2.24) is 0 Å². The SMILES string of the molecule is COc1cc(/C=C/C(=O)OCC(=O)Nc2sc3c(c2C(=O)c2ccc(C)cc2)CCCC3)ccc1OC(F)F. The van der Waals surface area contributed by atoms with Crippen molar-refractivity contribution in [2.45, 2.75) is 39.2 Å². The summed E-state index contributed by atoms with van der Waals surface area (Å²) in [6.07, 6.45) is 6.12. The normalized spacial score (nSPS) is 12.7. The van der Waals surface area contributed by atoms with E-state index in [9.17, 15) is 23.2 Å². The van der Waals surface area contributed by atoms with E-state index < -0.39 is 25.1 Å². The lowest BCUT2D eigenvalue weighted by molar-refractivity contribution is -0.142. The van der Waals surface area contributed by atoms with Gasteiger partial charge in [-0.1, -0.05) is 35.9 Å². The number of alkyl halides is 2. The Kier molecular flexibility index (Phi) is 9.08. The van der Waals surface area contributed by atoms with Crippen LogP contribution in [0.1, 0.15) is 50.3 Å². The fourth-order valence-electron chi connectivity index (χ4n) is 4.24. The summed E-state index contributed by atoms with van der Waals surface area (Å²) in [5.74, 6) is -1.56. The highest BCUT2D eigenvalue weighted by molar-refractivity contribution is 7.17. The number of anilines is 1. The summed E-state index contributed by atoms with van der Waals surface area (Å²) < 4.78 is 39.4. The number of ketones is 1. The predicted octanol–water partition coefficient (Wildman–Crippen LogP) is 5.97. The van der Waals surface area contributed by atoms with E-state index in [2.05, 4.69) is 10.1 Å². The van der Waals surface area contributed by atoms with Crippen molar-refractivity contribution in [2.75, 3.05) is 19.0 Å². The van der Waals surface area contributed by atoms with Crippen LogP contribution in [0.15, 0.2) is 48.5 Å². The minimum absolute atomic E-state index is 0.0693. The van der Waals surface area contributed by atoms with Crippen LogP contribution >= 0.6 is 11.3 Å². The number of ether oxygens (including phenoxy) is 3.